The summed E-state index contributed by atoms with van der Waals surface area (Å²) in [6, 6.07) is 23.7. The minimum Gasteiger partial charge on any atom is -0.452 e. The summed E-state index contributed by atoms with van der Waals surface area (Å²) in [7, 11) is 0. The van der Waals surface area contributed by atoms with Crippen molar-refractivity contribution in [2.45, 2.75) is 13.0 Å². The second kappa shape index (κ2) is 11.2. The Morgan fingerprint density at radius 3 is 2.49 bits per heavy atom. The van der Waals surface area contributed by atoms with Gasteiger partial charge in [-0.15, -0.1) is 11.3 Å². The van der Waals surface area contributed by atoms with Gasteiger partial charge in [0.25, 0.3) is 11.8 Å². The van der Waals surface area contributed by atoms with Crippen LogP contribution in [0.3, 0.4) is 0 Å². The standard InChI is InChI=1S/C27H23N3O4S/c1-18(19-9-3-2-4-10-19)28-27(33)20-11-5-6-12-21(20)29-24(31)17-34-26(32)16-15-25-30-22-13-7-8-14-23(22)35-25/h2-16,18H,17H2,1H3,(H,28,33)(H,29,31)/b16-15+. The molecular weight excluding hydrogens is 462 g/mol. The van der Waals surface area contributed by atoms with E-state index in [9.17, 15) is 14.4 Å². The van der Waals surface area contributed by atoms with Crippen LogP contribution in [0.15, 0.2) is 84.9 Å². The molecule has 0 aliphatic rings. The molecule has 0 bridgehead atoms. The van der Waals surface area contributed by atoms with Crippen molar-refractivity contribution in [3.63, 3.8) is 0 Å². The van der Waals surface area contributed by atoms with Crippen molar-refractivity contribution in [3.8, 4) is 0 Å². The Balaban J connectivity index is 1.31. The maximum absolute atomic E-state index is 12.8. The molecule has 176 valence electrons. The normalized spacial score (nSPS) is 11.8. The molecule has 0 saturated carbocycles. The number of ether oxygens (including phenoxy) is 1. The van der Waals surface area contributed by atoms with Crippen LogP contribution in [0.1, 0.15) is 33.9 Å². The van der Waals surface area contributed by atoms with Crippen molar-refractivity contribution in [1.29, 1.82) is 0 Å². The van der Waals surface area contributed by atoms with Crippen LogP contribution in [0.4, 0.5) is 5.69 Å². The van der Waals surface area contributed by atoms with E-state index in [0.717, 1.165) is 15.8 Å². The molecule has 4 rings (SSSR count). The van der Waals surface area contributed by atoms with Crippen molar-refractivity contribution in [3.05, 3.63) is 101 Å². The Bertz CT molecular complexity index is 1350. The van der Waals surface area contributed by atoms with E-state index in [1.165, 1.54) is 17.4 Å². The van der Waals surface area contributed by atoms with Crippen LogP contribution in [0.5, 0.6) is 0 Å². The van der Waals surface area contributed by atoms with Gasteiger partial charge in [0, 0.05) is 6.08 Å². The number of aromatic nitrogens is 1. The molecule has 35 heavy (non-hydrogen) atoms. The molecule has 0 spiro atoms. The van der Waals surface area contributed by atoms with Crippen molar-refractivity contribution in [2.24, 2.45) is 0 Å². The molecule has 0 fully saturated rings. The van der Waals surface area contributed by atoms with Gasteiger partial charge in [0.15, 0.2) is 6.61 Å². The van der Waals surface area contributed by atoms with Crippen LogP contribution in [-0.4, -0.2) is 29.4 Å². The lowest BCUT2D eigenvalue weighted by Gasteiger charge is -2.16. The molecule has 2 amide bonds. The number of nitrogens with zero attached hydrogens (tertiary/aromatic N) is 1. The second-order valence-electron chi connectivity index (χ2n) is 7.66. The number of anilines is 1. The summed E-state index contributed by atoms with van der Waals surface area (Å²) in [5, 5.41) is 6.23. The number of esters is 1. The van der Waals surface area contributed by atoms with E-state index in [2.05, 4.69) is 15.6 Å². The Morgan fingerprint density at radius 1 is 0.971 bits per heavy atom. The lowest BCUT2D eigenvalue weighted by Crippen LogP contribution is -2.28. The van der Waals surface area contributed by atoms with Gasteiger partial charge < -0.3 is 15.4 Å². The fraction of sp³-hybridized carbons (Fsp3) is 0.111. The first kappa shape index (κ1) is 23.8. The summed E-state index contributed by atoms with van der Waals surface area (Å²) in [6.07, 6.45) is 2.79. The minimum atomic E-state index is -0.665. The molecule has 0 radical (unpaired) electrons. The van der Waals surface area contributed by atoms with E-state index in [0.29, 0.717) is 16.3 Å². The highest BCUT2D eigenvalue weighted by molar-refractivity contribution is 7.19. The van der Waals surface area contributed by atoms with Crippen LogP contribution in [0.25, 0.3) is 16.3 Å². The van der Waals surface area contributed by atoms with Crippen LogP contribution in [0.2, 0.25) is 0 Å². The average Bonchev–Trinajstić information content (AvgIpc) is 3.30. The van der Waals surface area contributed by atoms with E-state index >= 15 is 0 Å². The summed E-state index contributed by atoms with van der Waals surface area (Å²) < 4.78 is 6.05. The third-order valence-corrected chi connectivity index (χ3v) is 6.11. The third kappa shape index (κ3) is 6.39. The second-order valence-corrected chi connectivity index (χ2v) is 8.72. The summed E-state index contributed by atoms with van der Waals surface area (Å²) in [4.78, 5) is 41.6. The van der Waals surface area contributed by atoms with Gasteiger partial charge in [-0.2, -0.15) is 0 Å². The van der Waals surface area contributed by atoms with Crippen LogP contribution < -0.4 is 10.6 Å². The van der Waals surface area contributed by atoms with E-state index in [4.69, 9.17) is 4.74 Å². The van der Waals surface area contributed by atoms with Gasteiger partial charge >= 0.3 is 5.97 Å². The monoisotopic (exact) mass is 485 g/mol. The summed E-state index contributed by atoms with van der Waals surface area (Å²) >= 11 is 1.45. The summed E-state index contributed by atoms with van der Waals surface area (Å²) in [5.74, 6) is -1.54. The fourth-order valence-corrected chi connectivity index (χ4v) is 4.23. The van der Waals surface area contributed by atoms with Crippen LogP contribution in [0, 0.1) is 0 Å². The molecule has 0 saturated heterocycles. The van der Waals surface area contributed by atoms with E-state index in [1.54, 1.807) is 30.3 Å². The third-order valence-electron chi connectivity index (χ3n) is 5.11. The van der Waals surface area contributed by atoms with Crippen molar-refractivity contribution in [2.75, 3.05) is 11.9 Å². The fourth-order valence-electron chi connectivity index (χ4n) is 3.36. The van der Waals surface area contributed by atoms with Crippen molar-refractivity contribution < 1.29 is 19.1 Å². The Kier molecular flexibility index (Phi) is 7.64. The van der Waals surface area contributed by atoms with E-state index in [-0.39, 0.29) is 11.9 Å². The van der Waals surface area contributed by atoms with E-state index < -0.39 is 18.5 Å². The van der Waals surface area contributed by atoms with Gasteiger partial charge in [0.2, 0.25) is 0 Å². The number of hydrogen-bond donors (Lipinski definition) is 2. The number of nitrogens with one attached hydrogen (secondary N) is 2. The zero-order valence-electron chi connectivity index (χ0n) is 18.9. The molecule has 7 nitrogen and oxygen atoms in total. The molecule has 1 unspecified atom stereocenters. The Labute approximate surface area is 206 Å². The van der Waals surface area contributed by atoms with Gasteiger partial charge in [0.1, 0.15) is 5.01 Å². The lowest BCUT2D eigenvalue weighted by atomic mass is 10.1. The van der Waals surface area contributed by atoms with Gasteiger partial charge in [-0.3, -0.25) is 9.59 Å². The van der Waals surface area contributed by atoms with Crippen LogP contribution >= 0.6 is 11.3 Å². The molecular formula is C27H23N3O4S. The maximum Gasteiger partial charge on any atom is 0.331 e. The summed E-state index contributed by atoms with van der Waals surface area (Å²) in [5.41, 5.74) is 2.46. The smallest absolute Gasteiger partial charge is 0.331 e. The van der Waals surface area contributed by atoms with Crippen molar-refractivity contribution >= 4 is 51.1 Å². The topological polar surface area (TPSA) is 97.4 Å². The summed E-state index contributed by atoms with van der Waals surface area (Å²) in [6.45, 7) is 1.40. The molecule has 0 aliphatic heterocycles. The highest BCUT2D eigenvalue weighted by atomic mass is 32.1. The average molecular weight is 486 g/mol. The highest BCUT2D eigenvalue weighted by Crippen LogP contribution is 2.22. The predicted molar refractivity (Wildman–Crippen MR) is 137 cm³/mol. The van der Waals surface area contributed by atoms with Crippen molar-refractivity contribution in [1.82, 2.24) is 10.3 Å². The minimum absolute atomic E-state index is 0.212. The van der Waals surface area contributed by atoms with E-state index in [1.807, 2.05) is 61.5 Å². The van der Waals surface area contributed by atoms with Gasteiger partial charge in [-0.1, -0.05) is 54.6 Å². The zero-order chi connectivity index (χ0) is 24.6. The number of hydrogen-bond acceptors (Lipinski definition) is 6. The van der Waals surface area contributed by atoms with Crippen LogP contribution in [-0.2, 0) is 14.3 Å². The predicted octanol–water partition coefficient (Wildman–Crippen LogP) is 4.98. The quantitative estimate of drug-likeness (QED) is 0.271. The molecule has 4 aromatic rings. The molecule has 1 heterocycles. The number of fused-ring (bicyclic) bond motifs is 1. The first-order valence-electron chi connectivity index (χ1n) is 10.9. The number of thiazole rings is 1. The molecule has 2 N–H and O–H groups in total. The number of rotatable bonds is 8. The number of para-hydroxylation sites is 2. The SMILES string of the molecule is CC(NC(=O)c1ccccc1NC(=O)COC(=O)/C=C/c1nc2ccccc2s1)c1ccccc1. The molecule has 3 aromatic carbocycles. The number of benzene rings is 3. The van der Waals surface area contributed by atoms with Gasteiger partial charge in [-0.25, -0.2) is 9.78 Å². The highest BCUT2D eigenvalue weighted by Gasteiger charge is 2.16. The first-order valence-corrected chi connectivity index (χ1v) is 11.8. The largest absolute Gasteiger partial charge is 0.452 e. The zero-order valence-corrected chi connectivity index (χ0v) is 19.7. The Hall–Kier alpha value is -4.30. The van der Waals surface area contributed by atoms with Gasteiger partial charge in [-0.05, 0) is 42.8 Å². The first-order chi connectivity index (χ1) is 17.0. The lowest BCUT2D eigenvalue weighted by molar-refractivity contribution is -0.142. The molecule has 0 aliphatic carbocycles. The van der Waals surface area contributed by atoms with Gasteiger partial charge in [0.05, 0.1) is 27.5 Å². The molecule has 1 atom stereocenters. The molecule has 1 aromatic heterocycles. The number of carbonyl (C=O) groups excluding carboxylic acids is 3. The maximum atomic E-state index is 12.8. The Morgan fingerprint density at radius 2 is 1.69 bits per heavy atom. The number of carbonyl (C=O) groups is 3. The molecule has 8 heteroatoms. The number of amides is 2.